The molecule has 1 unspecified atom stereocenters. The fraction of sp³-hybridized carbons (Fsp3) is 0.650. The van der Waals surface area contributed by atoms with Crippen LogP contribution in [0, 0.1) is 34.6 Å². The average Bonchev–Trinajstić information content (AvgIpc) is 2.56. The summed E-state index contributed by atoms with van der Waals surface area (Å²) < 4.78 is 22.7. The minimum Gasteiger partial charge on any atom is -0.357 e. The molecule has 0 saturated carbocycles. The van der Waals surface area contributed by atoms with Crippen LogP contribution in [-0.2, 0) is 16.4 Å². The summed E-state index contributed by atoms with van der Waals surface area (Å²) in [5.74, 6) is 0.901. The molecule has 1 aromatic rings. The summed E-state index contributed by atoms with van der Waals surface area (Å²) in [7, 11) is -2.95. The number of aliphatic imine (C=N–C) groups is 1. The molecule has 0 fully saturated rings. The Hall–Kier alpha value is -1.56. The number of guanidine groups is 1. The molecule has 6 heteroatoms. The molecule has 0 saturated heterocycles. The van der Waals surface area contributed by atoms with Gasteiger partial charge in [-0.05, 0) is 88.3 Å². The molecule has 0 bridgehead atoms. The van der Waals surface area contributed by atoms with Crippen molar-refractivity contribution in [2.45, 2.75) is 67.5 Å². The van der Waals surface area contributed by atoms with Gasteiger partial charge in [-0.25, -0.2) is 13.4 Å². The molecule has 148 valence electrons. The standard InChI is InChI=1S/C20H35N3O2S/c1-9-21-20(23-13(2)10-11-26(8,24)25)22-12-19-17(6)15(4)14(3)16(5)18(19)7/h13H,9-12H2,1-8H3,(H2,21,22,23). The molecule has 1 atom stereocenters. The smallest absolute Gasteiger partial charge is 0.191 e. The van der Waals surface area contributed by atoms with Crippen LogP contribution in [-0.4, -0.2) is 39.0 Å². The summed E-state index contributed by atoms with van der Waals surface area (Å²) in [6, 6.07) is 0.0335. The maximum Gasteiger partial charge on any atom is 0.191 e. The van der Waals surface area contributed by atoms with E-state index in [1.165, 1.54) is 39.6 Å². The van der Waals surface area contributed by atoms with Gasteiger partial charge in [0.1, 0.15) is 9.84 Å². The molecule has 1 aromatic carbocycles. The fourth-order valence-electron chi connectivity index (χ4n) is 2.99. The first-order chi connectivity index (χ1) is 12.0. The maximum absolute atomic E-state index is 11.4. The Morgan fingerprint density at radius 3 is 1.96 bits per heavy atom. The Labute approximate surface area is 159 Å². The van der Waals surface area contributed by atoms with Crippen LogP contribution in [0.5, 0.6) is 0 Å². The van der Waals surface area contributed by atoms with Crippen molar-refractivity contribution in [2.24, 2.45) is 4.99 Å². The van der Waals surface area contributed by atoms with Crippen molar-refractivity contribution in [1.82, 2.24) is 10.6 Å². The molecule has 0 aromatic heterocycles. The highest BCUT2D eigenvalue weighted by Crippen LogP contribution is 2.26. The van der Waals surface area contributed by atoms with Gasteiger partial charge in [0.15, 0.2) is 5.96 Å². The topological polar surface area (TPSA) is 70.6 Å². The molecule has 0 amide bonds. The number of nitrogens with one attached hydrogen (secondary N) is 2. The summed E-state index contributed by atoms with van der Waals surface area (Å²) in [6.07, 6.45) is 1.83. The van der Waals surface area contributed by atoms with Gasteiger partial charge in [-0.15, -0.1) is 0 Å². The van der Waals surface area contributed by atoms with E-state index in [-0.39, 0.29) is 11.8 Å². The molecule has 2 N–H and O–H groups in total. The Kier molecular flexibility index (Phi) is 8.13. The van der Waals surface area contributed by atoms with E-state index in [0.717, 1.165) is 12.5 Å². The molecular weight excluding hydrogens is 346 g/mol. The van der Waals surface area contributed by atoms with Crippen LogP contribution >= 0.6 is 0 Å². The van der Waals surface area contributed by atoms with Crippen LogP contribution in [0.3, 0.4) is 0 Å². The zero-order chi connectivity index (χ0) is 20.1. The van der Waals surface area contributed by atoms with Gasteiger partial charge in [-0.2, -0.15) is 0 Å². The van der Waals surface area contributed by atoms with E-state index in [0.29, 0.717) is 13.0 Å². The van der Waals surface area contributed by atoms with Gasteiger partial charge in [0.25, 0.3) is 0 Å². The number of hydrogen-bond acceptors (Lipinski definition) is 3. The lowest BCUT2D eigenvalue weighted by Gasteiger charge is -2.20. The van der Waals surface area contributed by atoms with Gasteiger partial charge in [0.05, 0.1) is 12.3 Å². The molecule has 0 heterocycles. The summed E-state index contributed by atoms with van der Waals surface area (Å²) in [4.78, 5) is 4.75. The van der Waals surface area contributed by atoms with Crippen molar-refractivity contribution < 1.29 is 8.42 Å². The Bertz CT molecular complexity index is 739. The van der Waals surface area contributed by atoms with E-state index in [2.05, 4.69) is 45.3 Å². The third kappa shape index (κ3) is 6.31. The van der Waals surface area contributed by atoms with E-state index in [9.17, 15) is 8.42 Å². The van der Waals surface area contributed by atoms with E-state index in [4.69, 9.17) is 4.99 Å². The van der Waals surface area contributed by atoms with Crippen molar-refractivity contribution in [2.75, 3.05) is 18.6 Å². The van der Waals surface area contributed by atoms with Crippen LogP contribution in [0.15, 0.2) is 4.99 Å². The summed E-state index contributed by atoms with van der Waals surface area (Å²) in [6.45, 7) is 16.2. The third-order valence-corrected chi connectivity index (χ3v) is 6.18. The second-order valence-electron chi connectivity index (χ2n) is 7.26. The Morgan fingerprint density at radius 2 is 1.50 bits per heavy atom. The fourth-order valence-corrected chi connectivity index (χ4v) is 3.77. The van der Waals surface area contributed by atoms with Gasteiger partial charge in [-0.1, -0.05) is 0 Å². The van der Waals surface area contributed by atoms with E-state index < -0.39 is 9.84 Å². The number of nitrogens with zero attached hydrogens (tertiary/aromatic N) is 1. The zero-order valence-electron chi connectivity index (χ0n) is 17.6. The van der Waals surface area contributed by atoms with Crippen molar-refractivity contribution in [3.63, 3.8) is 0 Å². The second kappa shape index (κ2) is 9.40. The predicted octanol–water partition coefficient (Wildman–Crippen LogP) is 3.11. The normalized spacial score (nSPS) is 13.6. The minimum atomic E-state index is -2.95. The first-order valence-corrected chi connectivity index (χ1v) is 11.3. The van der Waals surface area contributed by atoms with Crippen LogP contribution in [0.2, 0.25) is 0 Å². The number of hydrogen-bond donors (Lipinski definition) is 2. The summed E-state index contributed by atoms with van der Waals surface area (Å²) >= 11 is 0. The summed E-state index contributed by atoms with van der Waals surface area (Å²) in [5, 5.41) is 6.56. The zero-order valence-corrected chi connectivity index (χ0v) is 18.4. The third-order valence-electron chi connectivity index (χ3n) is 5.20. The van der Waals surface area contributed by atoms with Crippen LogP contribution in [0.1, 0.15) is 53.6 Å². The van der Waals surface area contributed by atoms with E-state index in [1.54, 1.807) is 0 Å². The highest BCUT2D eigenvalue weighted by Gasteiger charge is 2.13. The SMILES string of the molecule is CCNC(=NCc1c(C)c(C)c(C)c(C)c1C)NC(C)CCS(C)(=O)=O. The predicted molar refractivity (Wildman–Crippen MR) is 112 cm³/mol. The largest absolute Gasteiger partial charge is 0.357 e. The molecule has 0 radical (unpaired) electrons. The first-order valence-electron chi connectivity index (χ1n) is 9.26. The first kappa shape index (κ1) is 22.5. The van der Waals surface area contributed by atoms with Crippen molar-refractivity contribution in [3.05, 3.63) is 33.4 Å². The Balaban J connectivity index is 2.97. The molecule has 5 nitrogen and oxygen atoms in total. The summed E-state index contributed by atoms with van der Waals surface area (Å²) in [5.41, 5.74) is 7.89. The van der Waals surface area contributed by atoms with Gasteiger partial charge >= 0.3 is 0 Å². The monoisotopic (exact) mass is 381 g/mol. The average molecular weight is 382 g/mol. The Morgan fingerprint density at radius 1 is 1.00 bits per heavy atom. The molecule has 0 spiro atoms. The van der Waals surface area contributed by atoms with Crippen LogP contribution < -0.4 is 10.6 Å². The van der Waals surface area contributed by atoms with Crippen molar-refractivity contribution in [1.29, 1.82) is 0 Å². The van der Waals surface area contributed by atoms with Crippen molar-refractivity contribution in [3.8, 4) is 0 Å². The molecule has 26 heavy (non-hydrogen) atoms. The lowest BCUT2D eigenvalue weighted by Crippen LogP contribution is -2.42. The molecule has 0 aliphatic heterocycles. The van der Waals surface area contributed by atoms with Crippen LogP contribution in [0.25, 0.3) is 0 Å². The lowest BCUT2D eigenvalue weighted by molar-refractivity contribution is 0.581. The van der Waals surface area contributed by atoms with Crippen molar-refractivity contribution >= 4 is 15.8 Å². The molecular formula is C20H35N3O2S. The molecule has 0 aliphatic rings. The molecule has 1 rings (SSSR count). The van der Waals surface area contributed by atoms with E-state index >= 15 is 0 Å². The number of rotatable bonds is 7. The lowest BCUT2D eigenvalue weighted by atomic mass is 9.90. The van der Waals surface area contributed by atoms with Gasteiger partial charge < -0.3 is 10.6 Å². The van der Waals surface area contributed by atoms with Crippen LogP contribution in [0.4, 0.5) is 0 Å². The highest BCUT2D eigenvalue weighted by atomic mass is 32.2. The van der Waals surface area contributed by atoms with E-state index in [1.807, 2.05) is 13.8 Å². The number of benzene rings is 1. The minimum absolute atomic E-state index is 0.0335. The maximum atomic E-state index is 11.4. The molecule has 0 aliphatic carbocycles. The number of sulfone groups is 1. The van der Waals surface area contributed by atoms with Gasteiger partial charge in [-0.3, -0.25) is 0 Å². The van der Waals surface area contributed by atoms with Gasteiger partial charge in [0, 0.05) is 18.8 Å². The second-order valence-corrected chi connectivity index (χ2v) is 9.52. The highest BCUT2D eigenvalue weighted by molar-refractivity contribution is 7.90. The van der Waals surface area contributed by atoms with Gasteiger partial charge in [0.2, 0.25) is 0 Å². The quantitative estimate of drug-likeness (QED) is 0.562.